The molecule has 7 heteroatoms. The lowest BCUT2D eigenvalue weighted by Crippen LogP contribution is -2.36. The second-order valence-electron chi connectivity index (χ2n) is 5.54. The highest BCUT2D eigenvalue weighted by Gasteiger charge is 2.32. The lowest BCUT2D eigenvalue weighted by atomic mass is 10.1. The fourth-order valence-corrected chi connectivity index (χ4v) is 3.81. The first-order valence-corrected chi connectivity index (χ1v) is 9.37. The van der Waals surface area contributed by atoms with Gasteiger partial charge >= 0.3 is 0 Å². The van der Waals surface area contributed by atoms with E-state index >= 15 is 0 Å². The Morgan fingerprint density at radius 2 is 1.96 bits per heavy atom. The molecule has 0 fully saturated rings. The third-order valence-corrected chi connectivity index (χ3v) is 5.53. The maximum absolute atomic E-state index is 13.0. The Kier molecular flexibility index (Phi) is 4.03. The first-order chi connectivity index (χ1) is 10.8. The number of nitrogens with two attached hydrogens (primary N) is 1. The summed E-state index contributed by atoms with van der Waals surface area (Å²) in [4.78, 5) is 14.6. The van der Waals surface area contributed by atoms with E-state index in [0.717, 1.165) is 17.7 Å². The number of nitrogens with zero attached hydrogens (tertiary/aromatic N) is 1. The van der Waals surface area contributed by atoms with Crippen molar-refractivity contribution in [3.63, 3.8) is 0 Å². The maximum Gasteiger partial charge on any atom is 0.259 e. The van der Waals surface area contributed by atoms with E-state index in [-0.39, 0.29) is 22.4 Å². The number of para-hydroxylation sites is 1. The van der Waals surface area contributed by atoms with Crippen LogP contribution >= 0.6 is 15.9 Å². The number of halogens is 1. The van der Waals surface area contributed by atoms with Gasteiger partial charge in [0.25, 0.3) is 5.91 Å². The Balaban J connectivity index is 2.08. The van der Waals surface area contributed by atoms with E-state index < -0.39 is 10.0 Å². The van der Waals surface area contributed by atoms with Crippen molar-refractivity contribution in [2.45, 2.75) is 24.3 Å². The molecule has 0 radical (unpaired) electrons. The normalized spacial score (nSPS) is 17.2. The molecule has 1 heterocycles. The number of primary sulfonamides is 1. The molecule has 0 aliphatic carbocycles. The predicted molar refractivity (Wildman–Crippen MR) is 91.9 cm³/mol. The van der Waals surface area contributed by atoms with Gasteiger partial charge in [0, 0.05) is 16.2 Å². The number of benzene rings is 2. The summed E-state index contributed by atoms with van der Waals surface area (Å²) in [7, 11) is -3.86. The minimum Gasteiger partial charge on any atom is -0.305 e. The van der Waals surface area contributed by atoms with E-state index in [9.17, 15) is 13.2 Å². The van der Waals surface area contributed by atoms with E-state index in [0.29, 0.717) is 4.47 Å². The molecule has 0 saturated carbocycles. The zero-order valence-corrected chi connectivity index (χ0v) is 14.8. The van der Waals surface area contributed by atoms with Gasteiger partial charge in [0.1, 0.15) is 0 Å². The fourth-order valence-electron chi connectivity index (χ4n) is 2.85. The van der Waals surface area contributed by atoms with Crippen LogP contribution in [0.15, 0.2) is 51.8 Å². The molecular formula is C16H15BrN2O3S. The molecule has 120 valence electrons. The number of carbonyl (C=O) groups is 1. The maximum atomic E-state index is 13.0. The average molecular weight is 395 g/mol. The summed E-state index contributed by atoms with van der Waals surface area (Å²) in [6.45, 7) is 1.97. The highest BCUT2D eigenvalue weighted by atomic mass is 79.9. The van der Waals surface area contributed by atoms with Crippen LogP contribution in [-0.2, 0) is 16.4 Å². The summed E-state index contributed by atoms with van der Waals surface area (Å²) in [5.41, 5.74) is 2.24. The van der Waals surface area contributed by atoms with Gasteiger partial charge in [0.15, 0.2) is 0 Å². The van der Waals surface area contributed by atoms with Crippen LogP contribution in [0.2, 0.25) is 0 Å². The minimum absolute atomic E-state index is 0.00457. The highest BCUT2D eigenvalue weighted by Crippen LogP contribution is 2.34. The fraction of sp³-hybridized carbons (Fsp3) is 0.188. The van der Waals surface area contributed by atoms with Crippen molar-refractivity contribution in [3.05, 3.63) is 58.1 Å². The standard InChI is InChI=1S/C16H15BrN2O3S/c1-10-8-11-4-2-3-5-15(11)19(10)16(20)13-9-12(23(18,21)22)6-7-14(13)17/h2-7,9-10H,8H2,1H3,(H2,18,21,22). The molecule has 1 aliphatic heterocycles. The van der Waals surface area contributed by atoms with Crippen LogP contribution in [-0.4, -0.2) is 20.4 Å². The Morgan fingerprint density at radius 1 is 1.26 bits per heavy atom. The lowest BCUT2D eigenvalue weighted by molar-refractivity contribution is 0.0980. The van der Waals surface area contributed by atoms with Gasteiger partial charge in [0.05, 0.1) is 10.5 Å². The Labute approximate surface area is 143 Å². The number of anilines is 1. The molecule has 2 aromatic rings. The smallest absolute Gasteiger partial charge is 0.259 e. The van der Waals surface area contributed by atoms with Crippen LogP contribution in [0.1, 0.15) is 22.8 Å². The van der Waals surface area contributed by atoms with Gasteiger partial charge in [-0.25, -0.2) is 13.6 Å². The second-order valence-corrected chi connectivity index (χ2v) is 7.96. The zero-order chi connectivity index (χ0) is 16.8. The van der Waals surface area contributed by atoms with Crippen LogP contribution in [0.4, 0.5) is 5.69 Å². The van der Waals surface area contributed by atoms with Crippen LogP contribution < -0.4 is 10.0 Å². The van der Waals surface area contributed by atoms with Crippen LogP contribution in [0, 0.1) is 0 Å². The zero-order valence-electron chi connectivity index (χ0n) is 12.4. The summed E-state index contributed by atoms with van der Waals surface area (Å²) >= 11 is 3.32. The monoisotopic (exact) mass is 394 g/mol. The van der Waals surface area contributed by atoms with Gasteiger partial charge in [0.2, 0.25) is 10.0 Å². The van der Waals surface area contributed by atoms with Crippen molar-refractivity contribution in [1.82, 2.24) is 0 Å². The Morgan fingerprint density at radius 3 is 2.65 bits per heavy atom. The van der Waals surface area contributed by atoms with Gasteiger partial charge in [-0.15, -0.1) is 0 Å². The molecule has 0 aromatic heterocycles. The molecule has 0 saturated heterocycles. The van der Waals surface area contributed by atoms with Gasteiger partial charge in [-0.1, -0.05) is 18.2 Å². The van der Waals surface area contributed by atoms with Crippen molar-refractivity contribution in [2.24, 2.45) is 5.14 Å². The van der Waals surface area contributed by atoms with Crippen molar-refractivity contribution < 1.29 is 13.2 Å². The first-order valence-electron chi connectivity index (χ1n) is 7.03. The second kappa shape index (κ2) is 5.74. The summed E-state index contributed by atoms with van der Waals surface area (Å²) in [6.07, 6.45) is 0.772. The number of sulfonamides is 1. The van der Waals surface area contributed by atoms with E-state index in [1.807, 2.05) is 31.2 Å². The molecule has 2 N–H and O–H groups in total. The largest absolute Gasteiger partial charge is 0.305 e. The summed E-state index contributed by atoms with van der Waals surface area (Å²) in [6, 6.07) is 11.9. The number of rotatable bonds is 2. The number of carbonyl (C=O) groups excluding carboxylic acids is 1. The summed E-state index contributed by atoms with van der Waals surface area (Å²) < 4.78 is 23.6. The van der Waals surface area contributed by atoms with E-state index in [4.69, 9.17) is 5.14 Å². The van der Waals surface area contributed by atoms with Gasteiger partial charge in [-0.3, -0.25) is 4.79 Å². The predicted octanol–water partition coefficient (Wildman–Crippen LogP) is 2.69. The molecule has 0 bridgehead atoms. The van der Waals surface area contributed by atoms with E-state index in [1.165, 1.54) is 18.2 Å². The van der Waals surface area contributed by atoms with Crippen LogP contribution in [0.3, 0.4) is 0 Å². The first kappa shape index (κ1) is 16.2. The molecule has 5 nitrogen and oxygen atoms in total. The van der Waals surface area contributed by atoms with Gasteiger partial charge in [-0.05, 0) is 59.1 Å². The van der Waals surface area contributed by atoms with Crippen molar-refractivity contribution in [3.8, 4) is 0 Å². The topological polar surface area (TPSA) is 80.5 Å². The summed E-state index contributed by atoms with van der Waals surface area (Å²) in [5.74, 6) is -0.250. The van der Waals surface area contributed by atoms with Crippen molar-refractivity contribution in [2.75, 3.05) is 4.90 Å². The highest BCUT2D eigenvalue weighted by molar-refractivity contribution is 9.10. The number of amides is 1. The molecule has 1 aliphatic rings. The third-order valence-electron chi connectivity index (χ3n) is 3.92. The molecular weight excluding hydrogens is 380 g/mol. The lowest BCUT2D eigenvalue weighted by Gasteiger charge is -2.23. The average Bonchev–Trinajstić information content (AvgIpc) is 2.81. The Bertz CT molecular complexity index is 896. The molecule has 23 heavy (non-hydrogen) atoms. The van der Waals surface area contributed by atoms with Crippen LogP contribution in [0.5, 0.6) is 0 Å². The van der Waals surface area contributed by atoms with E-state index in [2.05, 4.69) is 15.9 Å². The third kappa shape index (κ3) is 2.91. The van der Waals surface area contributed by atoms with Crippen molar-refractivity contribution in [1.29, 1.82) is 0 Å². The number of hydrogen-bond acceptors (Lipinski definition) is 3. The Hall–Kier alpha value is -1.70. The van der Waals surface area contributed by atoms with E-state index in [1.54, 1.807) is 4.90 Å². The molecule has 1 unspecified atom stereocenters. The number of hydrogen-bond donors (Lipinski definition) is 1. The molecule has 3 rings (SSSR count). The SMILES string of the molecule is CC1Cc2ccccc2N1C(=O)c1cc(S(N)(=O)=O)ccc1Br. The van der Waals surface area contributed by atoms with Crippen molar-refractivity contribution >= 4 is 37.5 Å². The number of fused-ring (bicyclic) bond motifs is 1. The molecule has 1 amide bonds. The quantitative estimate of drug-likeness (QED) is 0.849. The summed E-state index contributed by atoms with van der Waals surface area (Å²) in [5, 5.41) is 5.17. The minimum atomic E-state index is -3.86. The molecule has 1 atom stereocenters. The van der Waals surface area contributed by atoms with Crippen LogP contribution in [0.25, 0.3) is 0 Å². The molecule has 0 spiro atoms. The molecule has 2 aromatic carbocycles. The van der Waals surface area contributed by atoms with Gasteiger partial charge < -0.3 is 4.90 Å². The van der Waals surface area contributed by atoms with Gasteiger partial charge in [-0.2, -0.15) is 0 Å².